The number of benzene rings is 1. The molecule has 0 heterocycles. The first-order valence-electron chi connectivity index (χ1n) is 5.06. The van der Waals surface area contributed by atoms with Crippen LogP contribution >= 0.6 is 23.2 Å². The molecule has 0 aliphatic rings. The van der Waals surface area contributed by atoms with Crippen LogP contribution in [0, 0.1) is 0 Å². The largest absolute Gasteiger partial charge is 0.277 e. The topological polar surface area (TPSA) is 45.1 Å². The molecule has 0 aromatic heterocycles. The highest BCUT2D eigenvalue weighted by Crippen LogP contribution is 2.22. The van der Waals surface area contributed by atoms with E-state index >= 15 is 0 Å². The number of hydroxylamine groups is 1. The van der Waals surface area contributed by atoms with Crippen molar-refractivity contribution in [3.63, 3.8) is 0 Å². The Morgan fingerprint density at radius 1 is 1.33 bits per heavy atom. The van der Waals surface area contributed by atoms with E-state index < -0.39 is 0 Å². The molecule has 0 bridgehead atoms. The lowest BCUT2D eigenvalue weighted by molar-refractivity contribution is -0.252. The Bertz CT molecular complexity index is 445. The van der Waals surface area contributed by atoms with E-state index in [0.717, 1.165) is 0 Å². The number of carbonyl (C=O) groups excluding carboxylic acids is 1. The number of hydrogen-bond acceptors (Lipinski definition) is 4. The second-order valence-electron chi connectivity index (χ2n) is 3.46. The number of carbonyl (C=O) groups is 1. The van der Waals surface area contributed by atoms with Gasteiger partial charge in [-0.05, 0) is 17.3 Å². The third kappa shape index (κ3) is 3.87. The van der Waals surface area contributed by atoms with E-state index in [2.05, 4.69) is 5.16 Å². The minimum atomic E-state index is -0.177. The molecule has 0 aliphatic carbocycles. The summed E-state index contributed by atoms with van der Waals surface area (Å²) in [6.45, 7) is 1.41. The Balaban J connectivity index is 2.68. The van der Waals surface area contributed by atoms with Crippen LogP contribution in [0.4, 0.5) is 0 Å². The normalized spacial score (nSPS) is 11.0. The van der Waals surface area contributed by atoms with Crippen molar-refractivity contribution in [3.05, 3.63) is 33.8 Å². The number of hydrazine groups is 1. The fourth-order valence-electron chi connectivity index (χ4n) is 1.03. The van der Waals surface area contributed by atoms with Crippen LogP contribution in [-0.2, 0) is 9.73 Å². The SMILES string of the molecule is CC(=O)N(C)N(C)ON=Cc1c(Cl)cccc1Cl. The van der Waals surface area contributed by atoms with Gasteiger partial charge in [0.2, 0.25) is 5.91 Å². The quantitative estimate of drug-likeness (QED) is 0.632. The van der Waals surface area contributed by atoms with Gasteiger partial charge in [0.25, 0.3) is 0 Å². The minimum absolute atomic E-state index is 0.177. The highest BCUT2D eigenvalue weighted by atomic mass is 35.5. The third-order valence-electron chi connectivity index (χ3n) is 2.23. The first-order chi connectivity index (χ1) is 8.43. The van der Waals surface area contributed by atoms with Crippen molar-refractivity contribution in [2.75, 3.05) is 14.1 Å². The zero-order valence-corrected chi connectivity index (χ0v) is 11.7. The zero-order chi connectivity index (χ0) is 13.7. The summed E-state index contributed by atoms with van der Waals surface area (Å²) in [4.78, 5) is 16.0. The molecular formula is C11H13Cl2N3O2. The Labute approximate surface area is 115 Å². The predicted molar refractivity (Wildman–Crippen MR) is 71.3 cm³/mol. The van der Waals surface area contributed by atoms with Gasteiger partial charge in [-0.2, -0.15) is 0 Å². The van der Waals surface area contributed by atoms with Crippen LogP contribution in [0.5, 0.6) is 0 Å². The van der Waals surface area contributed by atoms with Crippen LogP contribution in [0.2, 0.25) is 10.0 Å². The van der Waals surface area contributed by atoms with Gasteiger partial charge in [0, 0.05) is 26.6 Å². The third-order valence-corrected chi connectivity index (χ3v) is 2.88. The van der Waals surface area contributed by atoms with E-state index in [0.29, 0.717) is 15.6 Å². The van der Waals surface area contributed by atoms with Crippen LogP contribution < -0.4 is 0 Å². The molecule has 0 N–H and O–H groups in total. The summed E-state index contributed by atoms with van der Waals surface area (Å²) in [5, 5.41) is 7.08. The number of amides is 1. The fourth-order valence-corrected chi connectivity index (χ4v) is 1.53. The summed E-state index contributed by atoms with van der Waals surface area (Å²) in [5.74, 6) is -0.177. The van der Waals surface area contributed by atoms with Gasteiger partial charge >= 0.3 is 0 Å². The molecule has 0 radical (unpaired) electrons. The molecule has 7 heteroatoms. The van der Waals surface area contributed by atoms with Crippen LogP contribution in [0.1, 0.15) is 12.5 Å². The molecule has 0 saturated carbocycles. The number of rotatable bonds is 4. The van der Waals surface area contributed by atoms with Crippen molar-refractivity contribution in [2.24, 2.45) is 5.16 Å². The Hall–Kier alpha value is -1.30. The smallest absolute Gasteiger partial charge is 0.236 e. The molecule has 1 rings (SSSR count). The van der Waals surface area contributed by atoms with Crippen molar-refractivity contribution in [1.82, 2.24) is 10.2 Å². The summed E-state index contributed by atoms with van der Waals surface area (Å²) >= 11 is 11.9. The molecule has 0 unspecified atom stereocenters. The maximum absolute atomic E-state index is 11.0. The summed E-state index contributed by atoms with van der Waals surface area (Å²) in [5.41, 5.74) is 0.555. The molecule has 98 valence electrons. The summed E-state index contributed by atoms with van der Waals surface area (Å²) in [6.07, 6.45) is 1.38. The summed E-state index contributed by atoms with van der Waals surface area (Å²) in [6, 6.07) is 5.12. The molecule has 0 atom stereocenters. The Kier molecular flexibility index (Phi) is 5.40. The van der Waals surface area contributed by atoms with E-state index in [1.54, 1.807) is 32.3 Å². The van der Waals surface area contributed by atoms with Crippen molar-refractivity contribution in [3.8, 4) is 0 Å². The van der Waals surface area contributed by atoms with Crippen LogP contribution in [0.15, 0.2) is 23.4 Å². The first kappa shape index (κ1) is 14.8. The molecule has 0 saturated heterocycles. The van der Waals surface area contributed by atoms with Crippen LogP contribution in [0.3, 0.4) is 0 Å². The number of halogens is 2. The summed E-state index contributed by atoms with van der Waals surface area (Å²) < 4.78 is 0. The Morgan fingerprint density at radius 3 is 2.39 bits per heavy atom. The lowest BCUT2D eigenvalue weighted by atomic mass is 10.2. The first-order valence-corrected chi connectivity index (χ1v) is 5.81. The number of oxime groups is 1. The van der Waals surface area contributed by atoms with Crippen LogP contribution in [0.25, 0.3) is 0 Å². The van der Waals surface area contributed by atoms with Gasteiger partial charge in [-0.25, -0.2) is 5.01 Å². The van der Waals surface area contributed by atoms with Crippen molar-refractivity contribution in [1.29, 1.82) is 0 Å². The highest BCUT2D eigenvalue weighted by Gasteiger charge is 2.09. The fraction of sp³-hybridized carbons (Fsp3) is 0.273. The monoisotopic (exact) mass is 289 g/mol. The van der Waals surface area contributed by atoms with E-state index in [1.807, 2.05) is 0 Å². The summed E-state index contributed by atoms with van der Waals surface area (Å²) in [7, 11) is 3.10. The van der Waals surface area contributed by atoms with Gasteiger partial charge in [0.05, 0.1) is 16.3 Å². The molecule has 0 spiro atoms. The molecule has 1 amide bonds. The average Bonchev–Trinajstić information content (AvgIpc) is 2.31. The highest BCUT2D eigenvalue weighted by molar-refractivity contribution is 6.38. The lowest BCUT2D eigenvalue weighted by Crippen LogP contribution is -2.38. The predicted octanol–water partition coefficient (Wildman–Crippen LogP) is 2.58. The Morgan fingerprint density at radius 2 is 1.89 bits per heavy atom. The van der Waals surface area contributed by atoms with E-state index in [-0.39, 0.29) is 5.91 Å². The number of hydrogen-bond donors (Lipinski definition) is 0. The molecular weight excluding hydrogens is 277 g/mol. The van der Waals surface area contributed by atoms with Gasteiger partial charge in [0.1, 0.15) is 0 Å². The minimum Gasteiger partial charge on any atom is -0.277 e. The maximum Gasteiger partial charge on any atom is 0.236 e. The van der Waals surface area contributed by atoms with Crippen molar-refractivity contribution >= 4 is 35.3 Å². The van der Waals surface area contributed by atoms with Gasteiger partial charge in [-0.1, -0.05) is 34.4 Å². The van der Waals surface area contributed by atoms with Gasteiger partial charge in [0.15, 0.2) is 0 Å². The second-order valence-corrected chi connectivity index (χ2v) is 4.27. The van der Waals surface area contributed by atoms with Gasteiger partial charge in [-0.15, -0.1) is 0 Å². The van der Waals surface area contributed by atoms with Crippen molar-refractivity contribution < 1.29 is 9.73 Å². The molecule has 18 heavy (non-hydrogen) atoms. The van der Waals surface area contributed by atoms with E-state index in [1.165, 1.54) is 23.3 Å². The second kappa shape index (κ2) is 6.58. The standard InChI is InChI=1S/C11H13Cl2N3O2/c1-8(17)15(2)16(3)18-14-7-9-10(12)5-4-6-11(9)13/h4-7H,1-3H3. The van der Waals surface area contributed by atoms with Crippen molar-refractivity contribution in [2.45, 2.75) is 6.92 Å². The lowest BCUT2D eigenvalue weighted by Gasteiger charge is -2.22. The maximum atomic E-state index is 11.0. The number of nitrogens with zero attached hydrogens (tertiary/aromatic N) is 3. The molecule has 0 aliphatic heterocycles. The van der Waals surface area contributed by atoms with E-state index in [9.17, 15) is 4.79 Å². The van der Waals surface area contributed by atoms with Crippen LogP contribution in [-0.4, -0.2) is 36.4 Å². The molecule has 1 aromatic carbocycles. The van der Waals surface area contributed by atoms with Gasteiger partial charge < -0.3 is 0 Å². The molecule has 0 fully saturated rings. The van der Waals surface area contributed by atoms with E-state index in [4.69, 9.17) is 28.1 Å². The zero-order valence-electron chi connectivity index (χ0n) is 10.2. The average molecular weight is 290 g/mol. The molecule has 5 nitrogen and oxygen atoms in total. The molecule has 1 aromatic rings. The van der Waals surface area contributed by atoms with Gasteiger partial charge in [-0.3, -0.25) is 9.73 Å².